The molecule has 0 aliphatic rings. The molecule has 0 aliphatic carbocycles. The van der Waals surface area contributed by atoms with Crippen LogP contribution in [0.3, 0.4) is 0 Å². The molecule has 1 aromatic rings. The number of hydrogen-bond donors (Lipinski definition) is 1. The Kier molecular flexibility index (Phi) is 8.53. The van der Waals surface area contributed by atoms with E-state index in [2.05, 4.69) is 5.32 Å². The van der Waals surface area contributed by atoms with Crippen LogP contribution in [0.25, 0.3) is 6.08 Å². The van der Waals surface area contributed by atoms with E-state index in [9.17, 15) is 9.59 Å². The van der Waals surface area contributed by atoms with E-state index in [4.69, 9.17) is 14.2 Å². The Bertz CT molecular complexity index is 610. The molecule has 1 N–H and O–H groups in total. The van der Waals surface area contributed by atoms with Gasteiger partial charge >= 0.3 is 5.97 Å². The van der Waals surface area contributed by atoms with Gasteiger partial charge in [0, 0.05) is 12.1 Å². The molecule has 0 spiro atoms. The van der Waals surface area contributed by atoms with Crippen LogP contribution in [0.4, 0.5) is 0 Å². The standard InChI is InChI=1S/C19H27NO5/c1-6-24-16-9-7-15(11-17(16)23-5)8-10-19(22)25-12-18(21)20-14(4)13(2)3/h7-11,13-14H,6,12H2,1-5H3,(H,20,21)/b10-8+/t14-/m0/s1. The van der Waals surface area contributed by atoms with E-state index in [1.54, 1.807) is 31.4 Å². The molecule has 0 saturated heterocycles. The summed E-state index contributed by atoms with van der Waals surface area (Å²) in [5.41, 5.74) is 0.759. The Morgan fingerprint density at radius 3 is 2.52 bits per heavy atom. The van der Waals surface area contributed by atoms with Crippen LogP contribution < -0.4 is 14.8 Å². The van der Waals surface area contributed by atoms with Crippen molar-refractivity contribution >= 4 is 18.0 Å². The average Bonchev–Trinajstić information content (AvgIpc) is 2.59. The number of rotatable bonds is 9. The van der Waals surface area contributed by atoms with Crippen LogP contribution in [0, 0.1) is 5.92 Å². The fraction of sp³-hybridized carbons (Fsp3) is 0.474. The number of carbonyl (C=O) groups is 2. The fourth-order valence-corrected chi connectivity index (χ4v) is 1.87. The van der Waals surface area contributed by atoms with Gasteiger partial charge in [-0.2, -0.15) is 0 Å². The van der Waals surface area contributed by atoms with Crippen molar-refractivity contribution in [2.75, 3.05) is 20.3 Å². The first-order valence-electron chi connectivity index (χ1n) is 8.32. The molecule has 6 heteroatoms. The average molecular weight is 349 g/mol. The Morgan fingerprint density at radius 1 is 1.20 bits per heavy atom. The molecule has 1 atom stereocenters. The monoisotopic (exact) mass is 349 g/mol. The second-order valence-corrected chi connectivity index (χ2v) is 5.88. The van der Waals surface area contributed by atoms with Crippen LogP contribution in [-0.4, -0.2) is 38.2 Å². The highest BCUT2D eigenvalue weighted by atomic mass is 16.5. The zero-order valence-corrected chi connectivity index (χ0v) is 15.5. The van der Waals surface area contributed by atoms with Crippen molar-refractivity contribution in [3.8, 4) is 11.5 Å². The van der Waals surface area contributed by atoms with Gasteiger partial charge < -0.3 is 19.5 Å². The van der Waals surface area contributed by atoms with Crippen molar-refractivity contribution in [1.29, 1.82) is 0 Å². The van der Waals surface area contributed by atoms with Crippen LogP contribution in [-0.2, 0) is 14.3 Å². The highest BCUT2D eigenvalue weighted by molar-refractivity contribution is 5.89. The number of carbonyl (C=O) groups excluding carboxylic acids is 2. The van der Waals surface area contributed by atoms with Crippen molar-refractivity contribution in [2.45, 2.75) is 33.7 Å². The summed E-state index contributed by atoms with van der Waals surface area (Å²) in [5, 5.41) is 2.77. The zero-order chi connectivity index (χ0) is 18.8. The first-order valence-corrected chi connectivity index (χ1v) is 8.32. The van der Waals surface area contributed by atoms with Crippen LogP contribution in [0.5, 0.6) is 11.5 Å². The second-order valence-electron chi connectivity index (χ2n) is 5.88. The van der Waals surface area contributed by atoms with Crippen molar-refractivity contribution in [1.82, 2.24) is 5.32 Å². The van der Waals surface area contributed by atoms with Gasteiger partial charge in [0.15, 0.2) is 18.1 Å². The first-order chi connectivity index (χ1) is 11.9. The van der Waals surface area contributed by atoms with E-state index in [0.717, 1.165) is 5.56 Å². The van der Waals surface area contributed by atoms with Crippen molar-refractivity contribution in [3.63, 3.8) is 0 Å². The van der Waals surface area contributed by atoms with Gasteiger partial charge in [0.1, 0.15) is 0 Å². The lowest BCUT2D eigenvalue weighted by Gasteiger charge is -2.16. The van der Waals surface area contributed by atoms with Crippen molar-refractivity contribution < 1.29 is 23.8 Å². The molecule has 0 fully saturated rings. The Hall–Kier alpha value is -2.50. The summed E-state index contributed by atoms with van der Waals surface area (Å²) in [6.45, 7) is 8.04. The lowest BCUT2D eigenvalue weighted by Crippen LogP contribution is -2.38. The van der Waals surface area contributed by atoms with E-state index in [-0.39, 0.29) is 18.6 Å². The summed E-state index contributed by atoms with van der Waals surface area (Å²) in [6.07, 6.45) is 2.86. The van der Waals surface area contributed by atoms with E-state index >= 15 is 0 Å². The quantitative estimate of drug-likeness (QED) is 0.548. The molecule has 0 aliphatic heterocycles. The molecule has 0 heterocycles. The van der Waals surface area contributed by atoms with Gasteiger partial charge in [-0.3, -0.25) is 4.79 Å². The third kappa shape index (κ3) is 7.28. The number of hydrogen-bond acceptors (Lipinski definition) is 5. The van der Waals surface area contributed by atoms with Crippen molar-refractivity contribution in [3.05, 3.63) is 29.8 Å². The van der Waals surface area contributed by atoms with Gasteiger partial charge in [0.25, 0.3) is 5.91 Å². The summed E-state index contributed by atoms with van der Waals surface area (Å²) in [5.74, 6) is 0.639. The molecule has 0 radical (unpaired) electrons. The number of esters is 1. The van der Waals surface area contributed by atoms with Gasteiger partial charge in [0.2, 0.25) is 0 Å². The largest absolute Gasteiger partial charge is 0.493 e. The smallest absolute Gasteiger partial charge is 0.331 e. The summed E-state index contributed by atoms with van der Waals surface area (Å²) >= 11 is 0. The molecule has 6 nitrogen and oxygen atoms in total. The third-order valence-corrected chi connectivity index (χ3v) is 3.63. The molecule has 0 bridgehead atoms. The van der Waals surface area contributed by atoms with Crippen LogP contribution in [0.15, 0.2) is 24.3 Å². The summed E-state index contributed by atoms with van der Waals surface area (Å²) in [6, 6.07) is 5.35. The maximum Gasteiger partial charge on any atom is 0.331 e. The number of methoxy groups -OCH3 is 1. The molecule has 0 unspecified atom stereocenters. The lowest BCUT2D eigenvalue weighted by molar-refractivity contribution is -0.144. The molecule has 1 amide bonds. The number of benzene rings is 1. The zero-order valence-electron chi connectivity index (χ0n) is 15.5. The Morgan fingerprint density at radius 2 is 1.92 bits per heavy atom. The minimum atomic E-state index is -0.583. The van der Waals surface area contributed by atoms with Crippen molar-refractivity contribution in [2.24, 2.45) is 5.92 Å². The summed E-state index contributed by atoms with van der Waals surface area (Å²) in [7, 11) is 1.55. The third-order valence-electron chi connectivity index (χ3n) is 3.63. The molecule has 138 valence electrons. The maximum absolute atomic E-state index is 11.7. The highest BCUT2D eigenvalue weighted by Gasteiger charge is 2.12. The highest BCUT2D eigenvalue weighted by Crippen LogP contribution is 2.28. The molecule has 0 aromatic heterocycles. The minimum absolute atomic E-state index is 0.0260. The Labute approximate surface area is 149 Å². The van der Waals surface area contributed by atoms with Gasteiger partial charge in [-0.05, 0) is 43.5 Å². The topological polar surface area (TPSA) is 73.9 Å². The number of ether oxygens (including phenoxy) is 3. The molecular weight excluding hydrogens is 322 g/mol. The normalized spacial score (nSPS) is 12.1. The SMILES string of the molecule is CCOc1ccc(/C=C/C(=O)OCC(=O)N[C@@H](C)C(C)C)cc1OC. The number of nitrogens with one attached hydrogen (secondary N) is 1. The minimum Gasteiger partial charge on any atom is -0.493 e. The van der Waals surface area contributed by atoms with Gasteiger partial charge in [0.05, 0.1) is 13.7 Å². The van der Waals surface area contributed by atoms with Crippen LogP contribution in [0.1, 0.15) is 33.3 Å². The van der Waals surface area contributed by atoms with E-state index in [1.807, 2.05) is 27.7 Å². The van der Waals surface area contributed by atoms with E-state index < -0.39 is 5.97 Å². The molecular formula is C19H27NO5. The molecule has 0 saturated carbocycles. The fourth-order valence-electron chi connectivity index (χ4n) is 1.87. The summed E-state index contributed by atoms with van der Waals surface area (Å²) < 4.78 is 15.6. The lowest BCUT2D eigenvalue weighted by atomic mass is 10.1. The van der Waals surface area contributed by atoms with Gasteiger partial charge in [-0.15, -0.1) is 0 Å². The Balaban J connectivity index is 2.55. The predicted molar refractivity (Wildman–Crippen MR) is 96.6 cm³/mol. The van der Waals surface area contributed by atoms with E-state index in [0.29, 0.717) is 24.0 Å². The molecule has 1 aromatic carbocycles. The van der Waals surface area contributed by atoms with Crippen LogP contribution in [0.2, 0.25) is 0 Å². The molecule has 1 rings (SSSR count). The van der Waals surface area contributed by atoms with Crippen LogP contribution >= 0.6 is 0 Å². The summed E-state index contributed by atoms with van der Waals surface area (Å²) in [4.78, 5) is 23.4. The molecule has 25 heavy (non-hydrogen) atoms. The number of amides is 1. The van der Waals surface area contributed by atoms with Gasteiger partial charge in [-0.25, -0.2) is 4.79 Å². The first kappa shape index (κ1) is 20.5. The maximum atomic E-state index is 11.7. The van der Waals surface area contributed by atoms with Gasteiger partial charge in [-0.1, -0.05) is 19.9 Å². The van der Waals surface area contributed by atoms with E-state index in [1.165, 1.54) is 6.08 Å². The predicted octanol–water partition coefficient (Wildman–Crippen LogP) is 2.81. The second kappa shape index (κ2) is 10.4.